The quantitative estimate of drug-likeness (QED) is 0.728. The van der Waals surface area contributed by atoms with Gasteiger partial charge in [0.15, 0.2) is 0 Å². The molecule has 0 heterocycles. The van der Waals surface area contributed by atoms with Crippen LogP contribution in [0.5, 0.6) is 11.5 Å². The highest BCUT2D eigenvalue weighted by Crippen LogP contribution is 2.22. The minimum Gasteiger partial charge on any atom is -0.457 e. The van der Waals surface area contributed by atoms with Crippen LogP contribution < -0.4 is 20.7 Å². The van der Waals surface area contributed by atoms with Crippen LogP contribution in [0, 0.1) is 0 Å². The molecule has 24 heavy (non-hydrogen) atoms. The number of hydrogen-bond acceptors (Lipinski definition) is 4. The SMILES string of the molecule is CNC(=O)CN[C@H](C)C(=O)Nc1ccc(Oc2ccccc2)cc1. The van der Waals surface area contributed by atoms with Gasteiger partial charge in [-0.15, -0.1) is 0 Å². The molecule has 0 unspecified atom stereocenters. The van der Waals surface area contributed by atoms with Crippen LogP contribution in [0.1, 0.15) is 6.92 Å². The van der Waals surface area contributed by atoms with Crippen molar-refractivity contribution in [2.75, 3.05) is 18.9 Å². The summed E-state index contributed by atoms with van der Waals surface area (Å²) in [6.07, 6.45) is 0. The third-order valence-electron chi connectivity index (χ3n) is 3.34. The Hall–Kier alpha value is -2.86. The summed E-state index contributed by atoms with van der Waals surface area (Å²) in [5.41, 5.74) is 0.661. The average molecular weight is 327 g/mol. The Kier molecular flexibility index (Phi) is 6.33. The second-order valence-electron chi connectivity index (χ2n) is 5.20. The van der Waals surface area contributed by atoms with Gasteiger partial charge in [0.25, 0.3) is 0 Å². The lowest BCUT2D eigenvalue weighted by atomic mass is 10.2. The number of hydrogen-bond donors (Lipinski definition) is 3. The summed E-state index contributed by atoms with van der Waals surface area (Å²) in [7, 11) is 1.55. The lowest BCUT2D eigenvalue weighted by Crippen LogP contribution is -2.42. The van der Waals surface area contributed by atoms with E-state index in [1.165, 1.54) is 0 Å². The van der Waals surface area contributed by atoms with Crippen molar-refractivity contribution < 1.29 is 14.3 Å². The Labute approximate surface area is 141 Å². The molecule has 3 N–H and O–H groups in total. The zero-order valence-corrected chi connectivity index (χ0v) is 13.7. The number of para-hydroxylation sites is 1. The van der Waals surface area contributed by atoms with Crippen molar-refractivity contribution in [3.05, 3.63) is 54.6 Å². The summed E-state index contributed by atoms with van der Waals surface area (Å²) >= 11 is 0. The molecule has 0 fully saturated rings. The van der Waals surface area contributed by atoms with E-state index in [-0.39, 0.29) is 18.4 Å². The summed E-state index contributed by atoms with van der Waals surface area (Å²) in [6.45, 7) is 1.79. The van der Waals surface area contributed by atoms with E-state index in [0.717, 1.165) is 5.75 Å². The van der Waals surface area contributed by atoms with Crippen molar-refractivity contribution in [1.82, 2.24) is 10.6 Å². The van der Waals surface area contributed by atoms with Gasteiger partial charge in [-0.3, -0.25) is 14.9 Å². The Morgan fingerprint density at radius 1 is 1.00 bits per heavy atom. The highest BCUT2D eigenvalue weighted by Gasteiger charge is 2.13. The minimum atomic E-state index is -0.484. The smallest absolute Gasteiger partial charge is 0.241 e. The fourth-order valence-electron chi connectivity index (χ4n) is 1.91. The number of benzene rings is 2. The molecule has 2 amide bonds. The number of carbonyl (C=O) groups excluding carboxylic acids is 2. The van der Waals surface area contributed by atoms with Crippen LogP contribution in [-0.2, 0) is 9.59 Å². The van der Waals surface area contributed by atoms with E-state index in [9.17, 15) is 9.59 Å². The van der Waals surface area contributed by atoms with Gasteiger partial charge in [-0.25, -0.2) is 0 Å². The zero-order chi connectivity index (χ0) is 17.4. The van der Waals surface area contributed by atoms with Crippen LogP contribution in [0.3, 0.4) is 0 Å². The van der Waals surface area contributed by atoms with Gasteiger partial charge in [0.2, 0.25) is 11.8 Å². The number of ether oxygens (including phenoxy) is 1. The van der Waals surface area contributed by atoms with Crippen LogP contribution in [0.2, 0.25) is 0 Å². The number of rotatable bonds is 7. The van der Waals surface area contributed by atoms with E-state index in [0.29, 0.717) is 11.4 Å². The zero-order valence-electron chi connectivity index (χ0n) is 13.7. The summed E-state index contributed by atoms with van der Waals surface area (Å²) in [6, 6.07) is 16.1. The number of likely N-dealkylation sites (N-methyl/N-ethyl adjacent to an activating group) is 1. The molecular weight excluding hydrogens is 306 g/mol. The summed E-state index contributed by atoms with van der Waals surface area (Å²) in [4.78, 5) is 23.2. The molecule has 6 heteroatoms. The summed E-state index contributed by atoms with van der Waals surface area (Å²) in [5.74, 6) is 1.05. The Morgan fingerprint density at radius 3 is 2.25 bits per heavy atom. The molecule has 6 nitrogen and oxygen atoms in total. The Morgan fingerprint density at radius 2 is 1.62 bits per heavy atom. The van der Waals surface area contributed by atoms with Crippen LogP contribution in [0.4, 0.5) is 5.69 Å². The van der Waals surface area contributed by atoms with E-state index in [1.54, 1.807) is 38.2 Å². The fraction of sp³-hybridized carbons (Fsp3) is 0.222. The van der Waals surface area contributed by atoms with Crippen molar-refractivity contribution in [3.63, 3.8) is 0 Å². The maximum Gasteiger partial charge on any atom is 0.241 e. The monoisotopic (exact) mass is 327 g/mol. The van der Waals surface area contributed by atoms with Crippen molar-refractivity contribution in [2.45, 2.75) is 13.0 Å². The molecular formula is C18H21N3O3. The second-order valence-corrected chi connectivity index (χ2v) is 5.20. The van der Waals surface area contributed by atoms with Gasteiger partial charge in [-0.1, -0.05) is 18.2 Å². The lowest BCUT2D eigenvalue weighted by molar-refractivity contribution is -0.120. The molecule has 0 aliphatic rings. The topological polar surface area (TPSA) is 79.5 Å². The first-order valence-corrected chi connectivity index (χ1v) is 7.66. The fourth-order valence-corrected chi connectivity index (χ4v) is 1.91. The van der Waals surface area contributed by atoms with Gasteiger partial charge in [0.05, 0.1) is 12.6 Å². The first kappa shape index (κ1) is 17.5. The van der Waals surface area contributed by atoms with E-state index in [4.69, 9.17) is 4.74 Å². The molecule has 0 bridgehead atoms. The number of carbonyl (C=O) groups is 2. The third kappa shape index (κ3) is 5.40. The van der Waals surface area contributed by atoms with Crippen LogP contribution in [-0.4, -0.2) is 31.4 Å². The van der Waals surface area contributed by atoms with Gasteiger partial charge in [-0.2, -0.15) is 0 Å². The van der Waals surface area contributed by atoms with Crippen LogP contribution in [0.15, 0.2) is 54.6 Å². The predicted octanol–water partition coefficient (Wildman–Crippen LogP) is 2.14. The first-order chi connectivity index (χ1) is 11.6. The van der Waals surface area contributed by atoms with Crippen LogP contribution in [0.25, 0.3) is 0 Å². The molecule has 0 spiro atoms. The van der Waals surface area contributed by atoms with Crippen molar-refractivity contribution in [3.8, 4) is 11.5 Å². The standard InChI is InChI=1S/C18H21N3O3/c1-13(20-12-17(22)19-2)18(23)21-14-8-10-16(11-9-14)24-15-6-4-3-5-7-15/h3-11,13,20H,12H2,1-2H3,(H,19,22)(H,21,23)/t13-/m1/s1. The Balaban J connectivity index is 1.86. The van der Waals surface area contributed by atoms with E-state index in [2.05, 4.69) is 16.0 Å². The van der Waals surface area contributed by atoms with E-state index in [1.807, 2.05) is 30.3 Å². The predicted molar refractivity (Wildman–Crippen MR) is 93.1 cm³/mol. The van der Waals surface area contributed by atoms with Crippen molar-refractivity contribution >= 4 is 17.5 Å². The molecule has 0 aromatic heterocycles. The summed E-state index contributed by atoms with van der Waals surface area (Å²) in [5, 5.41) is 8.12. The van der Waals surface area contributed by atoms with Crippen molar-refractivity contribution in [1.29, 1.82) is 0 Å². The normalized spacial score (nSPS) is 11.4. The third-order valence-corrected chi connectivity index (χ3v) is 3.34. The van der Waals surface area contributed by atoms with E-state index < -0.39 is 6.04 Å². The molecule has 2 aromatic carbocycles. The number of anilines is 1. The van der Waals surface area contributed by atoms with Gasteiger partial charge in [-0.05, 0) is 43.3 Å². The second kappa shape index (κ2) is 8.69. The molecule has 2 rings (SSSR count). The highest BCUT2D eigenvalue weighted by atomic mass is 16.5. The maximum absolute atomic E-state index is 12.1. The molecule has 0 saturated carbocycles. The largest absolute Gasteiger partial charge is 0.457 e. The first-order valence-electron chi connectivity index (χ1n) is 7.66. The molecule has 0 aliphatic heterocycles. The van der Waals surface area contributed by atoms with E-state index >= 15 is 0 Å². The average Bonchev–Trinajstić information content (AvgIpc) is 2.61. The van der Waals surface area contributed by atoms with Crippen LogP contribution >= 0.6 is 0 Å². The minimum absolute atomic E-state index is 0.0922. The van der Waals surface area contributed by atoms with Gasteiger partial charge in [0, 0.05) is 12.7 Å². The molecule has 0 saturated heterocycles. The molecule has 0 radical (unpaired) electrons. The van der Waals surface area contributed by atoms with Crippen molar-refractivity contribution in [2.24, 2.45) is 0 Å². The number of amides is 2. The summed E-state index contributed by atoms with van der Waals surface area (Å²) < 4.78 is 5.69. The Bertz CT molecular complexity index is 672. The maximum atomic E-state index is 12.1. The molecule has 2 aromatic rings. The lowest BCUT2D eigenvalue weighted by Gasteiger charge is -2.14. The molecule has 0 aliphatic carbocycles. The van der Waals surface area contributed by atoms with Gasteiger partial charge < -0.3 is 15.4 Å². The molecule has 126 valence electrons. The highest BCUT2D eigenvalue weighted by molar-refractivity contribution is 5.95. The van der Waals surface area contributed by atoms with Gasteiger partial charge >= 0.3 is 0 Å². The molecule has 1 atom stereocenters. The number of nitrogens with one attached hydrogen (secondary N) is 3. The van der Waals surface area contributed by atoms with Gasteiger partial charge in [0.1, 0.15) is 11.5 Å².